The van der Waals surface area contributed by atoms with Crippen molar-refractivity contribution >= 4 is 5.97 Å². The monoisotopic (exact) mass is 522 g/mol. The van der Waals surface area contributed by atoms with Crippen LogP contribution < -0.4 is 0 Å². The van der Waals surface area contributed by atoms with Gasteiger partial charge in [0.2, 0.25) is 0 Å². The molecule has 8 heteroatoms. The molecular weight excluding hydrogens is 476 g/mol. The third kappa shape index (κ3) is 7.97. The van der Waals surface area contributed by atoms with Crippen LogP contribution in [0.5, 0.6) is 0 Å². The molecule has 0 saturated carbocycles. The molecule has 2 saturated heterocycles. The second-order valence-corrected chi connectivity index (χ2v) is 11.5. The van der Waals surface area contributed by atoms with E-state index in [1.807, 2.05) is 85.7 Å². The van der Waals surface area contributed by atoms with Crippen LogP contribution in [0, 0.1) is 17.8 Å². The molecule has 8 nitrogen and oxygen atoms in total. The normalized spacial score (nSPS) is 36.8. The molecule has 0 radical (unpaired) electrons. The van der Waals surface area contributed by atoms with Gasteiger partial charge in [0.1, 0.15) is 18.3 Å². The van der Waals surface area contributed by atoms with Gasteiger partial charge in [-0.05, 0) is 45.6 Å². The van der Waals surface area contributed by atoms with Crippen molar-refractivity contribution < 1.29 is 38.3 Å². The molecule has 2 aliphatic rings. The van der Waals surface area contributed by atoms with E-state index in [-0.39, 0.29) is 36.6 Å². The lowest BCUT2D eigenvalue weighted by molar-refractivity contribution is -0.338. The van der Waals surface area contributed by atoms with E-state index in [1.165, 1.54) is 0 Å². The van der Waals surface area contributed by atoms with Crippen LogP contribution in [-0.2, 0) is 39.8 Å². The van der Waals surface area contributed by atoms with E-state index in [9.17, 15) is 9.90 Å². The summed E-state index contributed by atoms with van der Waals surface area (Å²) in [5.74, 6) is -0.680. The number of hydrogen-bond donors (Lipinski definition) is 1. The highest BCUT2D eigenvalue weighted by atomic mass is 16.7. The zero-order valence-electron chi connectivity index (χ0n) is 23.6. The minimum absolute atomic E-state index is 0.0174. The lowest BCUT2D eigenvalue weighted by Crippen LogP contribution is -2.59. The van der Waals surface area contributed by atoms with E-state index in [0.29, 0.717) is 13.0 Å². The summed E-state index contributed by atoms with van der Waals surface area (Å²) in [6, 6.07) is 9.95. The Labute approximate surface area is 221 Å². The highest BCUT2D eigenvalue weighted by Gasteiger charge is 2.48. The van der Waals surface area contributed by atoms with Crippen LogP contribution in [-0.4, -0.2) is 66.4 Å². The van der Waals surface area contributed by atoms with E-state index in [1.54, 1.807) is 0 Å². The number of rotatable bonds is 9. The van der Waals surface area contributed by atoms with Gasteiger partial charge in [-0.2, -0.15) is 0 Å². The molecule has 2 heterocycles. The molecule has 0 spiro atoms. The Morgan fingerprint density at radius 1 is 0.919 bits per heavy atom. The number of benzene rings is 1. The van der Waals surface area contributed by atoms with Crippen molar-refractivity contribution in [2.24, 2.45) is 17.8 Å². The van der Waals surface area contributed by atoms with Gasteiger partial charge in [-0.25, -0.2) is 4.79 Å². The summed E-state index contributed by atoms with van der Waals surface area (Å²) in [6.45, 7) is 15.6. The standard InChI is InChI=1S/C29H46O8/c1-9-22-24(31)17(2)18(3)28(35-22)36-26-20(5)34-27(33-16-23(30)37-29(6,7)8)19(4)25(26)32-15-21-13-11-10-12-14-21/h10-14,17-20,22,24-28,31H,9,15-16H2,1-8H3. The summed E-state index contributed by atoms with van der Waals surface area (Å²) < 4.78 is 36.7. The van der Waals surface area contributed by atoms with Gasteiger partial charge in [-0.3, -0.25) is 0 Å². The number of aliphatic hydroxyl groups excluding tert-OH is 1. The van der Waals surface area contributed by atoms with Crippen molar-refractivity contribution in [2.45, 2.75) is 117 Å². The molecule has 2 fully saturated rings. The topological polar surface area (TPSA) is 92.7 Å². The number of carbonyl (C=O) groups is 1. The fourth-order valence-corrected chi connectivity index (χ4v) is 4.97. The Kier molecular flexibility index (Phi) is 10.5. The fourth-order valence-electron chi connectivity index (χ4n) is 4.97. The SMILES string of the molecule is CCC1OC(OC2C(C)OC(OCC(=O)OC(C)(C)C)C(C)C2OCc2ccccc2)C(C)C(C)C1O. The lowest BCUT2D eigenvalue weighted by atomic mass is 9.83. The summed E-state index contributed by atoms with van der Waals surface area (Å²) in [4.78, 5) is 12.3. The van der Waals surface area contributed by atoms with Crippen molar-refractivity contribution in [3.05, 3.63) is 35.9 Å². The van der Waals surface area contributed by atoms with Gasteiger partial charge < -0.3 is 33.5 Å². The van der Waals surface area contributed by atoms with Gasteiger partial charge in [0.25, 0.3) is 0 Å². The average molecular weight is 523 g/mol. The number of carbonyl (C=O) groups excluding carboxylic acids is 1. The van der Waals surface area contributed by atoms with Gasteiger partial charge >= 0.3 is 5.97 Å². The predicted octanol–water partition coefficient (Wildman–Crippen LogP) is 4.46. The highest BCUT2D eigenvalue weighted by molar-refractivity contribution is 5.71. The van der Waals surface area contributed by atoms with Crippen molar-refractivity contribution in [1.29, 1.82) is 0 Å². The predicted molar refractivity (Wildman–Crippen MR) is 138 cm³/mol. The summed E-state index contributed by atoms with van der Waals surface area (Å²) in [6.07, 6.45) is -2.52. The minimum atomic E-state index is -0.669. The van der Waals surface area contributed by atoms with Crippen LogP contribution >= 0.6 is 0 Å². The van der Waals surface area contributed by atoms with E-state index in [0.717, 1.165) is 5.56 Å². The number of aliphatic hydroxyl groups is 1. The van der Waals surface area contributed by atoms with Crippen molar-refractivity contribution in [2.75, 3.05) is 6.61 Å². The molecule has 0 amide bonds. The molecule has 210 valence electrons. The summed E-state index contributed by atoms with van der Waals surface area (Å²) >= 11 is 0. The molecule has 0 aromatic heterocycles. The second-order valence-electron chi connectivity index (χ2n) is 11.5. The molecule has 1 aromatic carbocycles. The molecule has 3 rings (SSSR count). The van der Waals surface area contributed by atoms with Crippen LogP contribution in [0.25, 0.3) is 0 Å². The van der Waals surface area contributed by atoms with Crippen molar-refractivity contribution in [3.8, 4) is 0 Å². The first-order valence-electron chi connectivity index (χ1n) is 13.5. The van der Waals surface area contributed by atoms with Crippen molar-refractivity contribution in [1.82, 2.24) is 0 Å². The largest absolute Gasteiger partial charge is 0.458 e. The van der Waals surface area contributed by atoms with Gasteiger partial charge in [0, 0.05) is 11.8 Å². The molecule has 0 bridgehead atoms. The summed E-state index contributed by atoms with van der Waals surface area (Å²) in [5, 5.41) is 10.6. The van der Waals surface area contributed by atoms with Crippen LogP contribution in [0.3, 0.4) is 0 Å². The van der Waals surface area contributed by atoms with Crippen molar-refractivity contribution in [3.63, 3.8) is 0 Å². The molecule has 10 atom stereocenters. The molecule has 1 aromatic rings. The lowest BCUT2D eigenvalue weighted by Gasteiger charge is -2.48. The maximum Gasteiger partial charge on any atom is 0.332 e. The third-order valence-corrected chi connectivity index (χ3v) is 7.33. The van der Waals surface area contributed by atoms with E-state index >= 15 is 0 Å². The molecule has 0 aliphatic carbocycles. The fraction of sp³-hybridized carbons (Fsp3) is 0.759. The quantitative estimate of drug-likeness (QED) is 0.475. The summed E-state index contributed by atoms with van der Waals surface area (Å²) in [5.41, 5.74) is 0.453. The van der Waals surface area contributed by atoms with Crippen LogP contribution in [0.4, 0.5) is 0 Å². The maximum atomic E-state index is 12.3. The zero-order valence-corrected chi connectivity index (χ0v) is 23.6. The Morgan fingerprint density at radius 3 is 2.22 bits per heavy atom. The molecule has 2 aliphatic heterocycles. The Bertz CT molecular complexity index is 838. The van der Waals surface area contributed by atoms with Gasteiger partial charge in [-0.1, -0.05) is 58.0 Å². The Hall–Kier alpha value is -1.55. The number of ether oxygens (including phenoxy) is 6. The van der Waals surface area contributed by atoms with Gasteiger partial charge in [0.05, 0.1) is 31.0 Å². The molecular formula is C29H46O8. The minimum Gasteiger partial charge on any atom is -0.458 e. The Morgan fingerprint density at radius 2 is 1.59 bits per heavy atom. The number of esters is 1. The van der Waals surface area contributed by atoms with E-state index in [2.05, 4.69) is 0 Å². The van der Waals surface area contributed by atoms with Gasteiger partial charge in [-0.15, -0.1) is 0 Å². The van der Waals surface area contributed by atoms with E-state index < -0.39 is 42.5 Å². The first-order valence-corrected chi connectivity index (χ1v) is 13.5. The smallest absolute Gasteiger partial charge is 0.332 e. The zero-order chi connectivity index (χ0) is 27.3. The summed E-state index contributed by atoms with van der Waals surface area (Å²) in [7, 11) is 0. The maximum absolute atomic E-state index is 12.3. The molecule has 10 unspecified atom stereocenters. The third-order valence-electron chi connectivity index (χ3n) is 7.33. The van der Waals surface area contributed by atoms with Crippen LogP contribution in [0.1, 0.15) is 67.4 Å². The average Bonchev–Trinajstić information content (AvgIpc) is 2.84. The number of hydrogen-bond acceptors (Lipinski definition) is 8. The molecule has 37 heavy (non-hydrogen) atoms. The first-order chi connectivity index (χ1) is 17.4. The first kappa shape index (κ1) is 30.0. The molecule has 1 N–H and O–H groups in total. The Balaban J connectivity index is 1.75. The van der Waals surface area contributed by atoms with Gasteiger partial charge in [0.15, 0.2) is 12.6 Å². The second kappa shape index (κ2) is 13.0. The van der Waals surface area contributed by atoms with E-state index in [4.69, 9.17) is 28.4 Å². The van der Waals surface area contributed by atoms with Crippen LogP contribution in [0.2, 0.25) is 0 Å². The highest BCUT2D eigenvalue weighted by Crippen LogP contribution is 2.37. The van der Waals surface area contributed by atoms with Crippen LogP contribution in [0.15, 0.2) is 30.3 Å².